The van der Waals surface area contributed by atoms with Gasteiger partial charge in [-0.2, -0.15) is 0 Å². The summed E-state index contributed by atoms with van der Waals surface area (Å²) in [6.07, 6.45) is 4.24. The van der Waals surface area contributed by atoms with Crippen LogP contribution in [0.15, 0.2) is 18.3 Å². The van der Waals surface area contributed by atoms with Crippen LogP contribution in [0, 0.1) is 6.92 Å². The predicted molar refractivity (Wildman–Crippen MR) is 60.3 cm³/mol. The first-order valence-electron chi connectivity index (χ1n) is 5.43. The summed E-state index contributed by atoms with van der Waals surface area (Å²) >= 11 is 0. The van der Waals surface area contributed by atoms with Gasteiger partial charge < -0.3 is 5.32 Å². The first-order valence-corrected chi connectivity index (χ1v) is 5.43. The highest BCUT2D eigenvalue weighted by Crippen LogP contribution is 2.16. The molecule has 78 valence electrons. The van der Waals surface area contributed by atoms with Crippen molar-refractivity contribution in [1.82, 2.24) is 10.3 Å². The van der Waals surface area contributed by atoms with Crippen LogP contribution in [0.5, 0.6) is 0 Å². The van der Waals surface area contributed by atoms with Crippen molar-refractivity contribution in [2.24, 2.45) is 0 Å². The molecular weight excluding hydrogens is 172 g/mol. The second kappa shape index (κ2) is 5.76. The average Bonchev–Trinajstić information content (AvgIpc) is 2.17. The van der Waals surface area contributed by atoms with E-state index in [1.165, 1.54) is 17.7 Å². The zero-order chi connectivity index (χ0) is 10.4. The van der Waals surface area contributed by atoms with Gasteiger partial charge in [0.1, 0.15) is 0 Å². The van der Waals surface area contributed by atoms with E-state index in [0.29, 0.717) is 6.04 Å². The second-order valence-corrected chi connectivity index (χ2v) is 3.66. The third-order valence-electron chi connectivity index (χ3n) is 2.32. The van der Waals surface area contributed by atoms with Crippen molar-refractivity contribution in [2.75, 3.05) is 6.54 Å². The van der Waals surface area contributed by atoms with Gasteiger partial charge in [-0.3, -0.25) is 4.98 Å². The minimum atomic E-state index is 0.421. The van der Waals surface area contributed by atoms with Gasteiger partial charge in [-0.25, -0.2) is 0 Å². The van der Waals surface area contributed by atoms with Crippen molar-refractivity contribution in [3.05, 3.63) is 29.6 Å². The number of nitrogens with zero attached hydrogens (tertiary/aromatic N) is 1. The van der Waals surface area contributed by atoms with Crippen LogP contribution in [-0.2, 0) is 0 Å². The third-order valence-corrected chi connectivity index (χ3v) is 2.32. The van der Waals surface area contributed by atoms with Gasteiger partial charge in [0, 0.05) is 12.2 Å². The summed E-state index contributed by atoms with van der Waals surface area (Å²) in [4.78, 5) is 4.41. The van der Waals surface area contributed by atoms with Crippen molar-refractivity contribution in [3.63, 3.8) is 0 Å². The van der Waals surface area contributed by atoms with Crippen LogP contribution in [0.1, 0.15) is 44.0 Å². The Morgan fingerprint density at radius 2 is 2.21 bits per heavy atom. The summed E-state index contributed by atoms with van der Waals surface area (Å²) in [7, 11) is 0. The minimum absolute atomic E-state index is 0.421. The number of hydrogen-bond donors (Lipinski definition) is 1. The molecule has 1 aromatic rings. The van der Waals surface area contributed by atoms with E-state index < -0.39 is 0 Å². The maximum Gasteiger partial charge on any atom is 0.0575 e. The van der Waals surface area contributed by atoms with Gasteiger partial charge in [-0.05, 0) is 37.6 Å². The molecule has 0 spiro atoms. The molecule has 0 saturated carbocycles. The molecule has 14 heavy (non-hydrogen) atoms. The molecule has 0 radical (unpaired) electrons. The molecule has 0 saturated heterocycles. The molecule has 0 aliphatic rings. The van der Waals surface area contributed by atoms with E-state index in [0.717, 1.165) is 13.0 Å². The van der Waals surface area contributed by atoms with Gasteiger partial charge in [0.2, 0.25) is 0 Å². The Bertz CT molecular complexity index is 265. The fourth-order valence-corrected chi connectivity index (χ4v) is 1.64. The van der Waals surface area contributed by atoms with Crippen LogP contribution in [0.3, 0.4) is 0 Å². The largest absolute Gasteiger partial charge is 0.309 e. The highest BCUT2D eigenvalue weighted by molar-refractivity contribution is 5.17. The molecule has 0 aliphatic carbocycles. The first-order chi connectivity index (χ1) is 6.77. The summed E-state index contributed by atoms with van der Waals surface area (Å²) in [5.41, 5.74) is 2.46. The lowest BCUT2D eigenvalue weighted by Crippen LogP contribution is -2.21. The predicted octanol–water partition coefficient (Wildman–Crippen LogP) is 2.84. The van der Waals surface area contributed by atoms with E-state index in [1.807, 2.05) is 12.3 Å². The fraction of sp³-hybridized carbons (Fsp3) is 0.583. The Hall–Kier alpha value is -0.890. The molecule has 1 heterocycles. The topological polar surface area (TPSA) is 24.9 Å². The van der Waals surface area contributed by atoms with Crippen LogP contribution < -0.4 is 5.32 Å². The molecule has 0 amide bonds. The summed E-state index contributed by atoms with van der Waals surface area (Å²) in [5, 5.41) is 3.46. The molecule has 0 bridgehead atoms. The van der Waals surface area contributed by atoms with Crippen molar-refractivity contribution >= 4 is 0 Å². The van der Waals surface area contributed by atoms with E-state index in [1.54, 1.807) is 0 Å². The van der Waals surface area contributed by atoms with Gasteiger partial charge >= 0.3 is 0 Å². The number of nitrogens with one attached hydrogen (secondary N) is 1. The van der Waals surface area contributed by atoms with Crippen molar-refractivity contribution in [2.45, 2.75) is 39.7 Å². The quantitative estimate of drug-likeness (QED) is 0.776. The molecule has 1 aromatic heterocycles. The Morgan fingerprint density at radius 1 is 1.43 bits per heavy atom. The summed E-state index contributed by atoms with van der Waals surface area (Å²) in [6.45, 7) is 7.46. The number of pyridine rings is 1. The summed E-state index contributed by atoms with van der Waals surface area (Å²) < 4.78 is 0. The molecule has 1 atom stereocenters. The zero-order valence-corrected chi connectivity index (χ0v) is 9.38. The smallest absolute Gasteiger partial charge is 0.0575 e. The Balaban J connectivity index is 2.75. The molecule has 1 unspecified atom stereocenters. The van der Waals surface area contributed by atoms with Crippen molar-refractivity contribution < 1.29 is 0 Å². The molecule has 2 nitrogen and oxygen atoms in total. The van der Waals surface area contributed by atoms with Gasteiger partial charge in [0.15, 0.2) is 0 Å². The monoisotopic (exact) mass is 192 g/mol. The molecule has 0 aromatic carbocycles. The SMILES string of the molecule is CCCC(NCC)c1cc(C)ccn1. The lowest BCUT2D eigenvalue weighted by molar-refractivity contribution is 0.498. The maximum absolute atomic E-state index is 4.41. The van der Waals surface area contributed by atoms with Gasteiger partial charge in [-0.1, -0.05) is 20.3 Å². The second-order valence-electron chi connectivity index (χ2n) is 3.66. The molecule has 2 heteroatoms. The lowest BCUT2D eigenvalue weighted by Gasteiger charge is -2.16. The molecule has 0 fully saturated rings. The van der Waals surface area contributed by atoms with Crippen molar-refractivity contribution in [1.29, 1.82) is 0 Å². The standard InChI is InChI=1S/C12H20N2/c1-4-6-11(13-5-2)12-9-10(3)7-8-14-12/h7-9,11,13H,4-6H2,1-3H3. The van der Waals surface area contributed by atoms with Crippen LogP contribution >= 0.6 is 0 Å². The number of rotatable bonds is 5. The lowest BCUT2D eigenvalue weighted by atomic mass is 10.1. The van der Waals surface area contributed by atoms with Crippen LogP contribution in [0.4, 0.5) is 0 Å². The summed E-state index contributed by atoms with van der Waals surface area (Å²) in [6, 6.07) is 4.63. The van der Waals surface area contributed by atoms with E-state index in [-0.39, 0.29) is 0 Å². The highest BCUT2D eigenvalue weighted by atomic mass is 14.9. The minimum Gasteiger partial charge on any atom is -0.309 e. The van der Waals surface area contributed by atoms with Crippen LogP contribution in [0.2, 0.25) is 0 Å². The molecule has 0 aliphatic heterocycles. The van der Waals surface area contributed by atoms with Crippen molar-refractivity contribution in [3.8, 4) is 0 Å². The van der Waals surface area contributed by atoms with Gasteiger partial charge in [0.05, 0.1) is 5.69 Å². The zero-order valence-electron chi connectivity index (χ0n) is 9.38. The maximum atomic E-state index is 4.41. The van der Waals surface area contributed by atoms with E-state index in [4.69, 9.17) is 0 Å². The molecular formula is C12H20N2. The molecule has 1 rings (SSSR count). The van der Waals surface area contributed by atoms with E-state index >= 15 is 0 Å². The third kappa shape index (κ3) is 3.11. The highest BCUT2D eigenvalue weighted by Gasteiger charge is 2.09. The van der Waals surface area contributed by atoms with Gasteiger partial charge in [0.25, 0.3) is 0 Å². The number of hydrogen-bond acceptors (Lipinski definition) is 2. The number of aryl methyl sites for hydroxylation is 1. The normalized spacial score (nSPS) is 12.8. The fourth-order valence-electron chi connectivity index (χ4n) is 1.64. The summed E-state index contributed by atoms with van der Waals surface area (Å²) in [5.74, 6) is 0. The first kappa shape index (κ1) is 11.2. The Morgan fingerprint density at radius 3 is 2.79 bits per heavy atom. The van der Waals surface area contributed by atoms with Crippen LogP contribution in [0.25, 0.3) is 0 Å². The molecule has 1 N–H and O–H groups in total. The average molecular weight is 192 g/mol. The van der Waals surface area contributed by atoms with Gasteiger partial charge in [-0.15, -0.1) is 0 Å². The van der Waals surface area contributed by atoms with E-state index in [2.05, 4.69) is 37.1 Å². The Kier molecular flexibility index (Phi) is 4.60. The Labute approximate surface area is 86.8 Å². The number of aromatic nitrogens is 1. The van der Waals surface area contributed by atoms with E-state index in [9.17, 15) is 0 Å². The van der Waals surface area contributed by atoms with Crippen LogP contribution in [-0.4, -0.2) is 11.5 Å².